The average Bonchev–Trinajstić information content (AvgIpc) is 2.94. The van der Waals surface area contributed by atoms with Gasteiger partial charge in [-0.05, 0) is 24.3 Å². The minimum atomic E-state index is -0.255. The second-order valence-electron chi connectivity index (χ2n) is 5.57. The van der Waals surface area contributed by atoms with Crippen molar-refractivity contribution in [3.63, 3.8) is 0 Å². The van der Waals surface area contributed by atoms with Crippen molar-refractivity contribution < 1.29 is 19.4 Å². The Morgan fingerprint density at radius 1 is 1.12 bits per heavy atom. The number of ether oxygens (including phenoxy) is 1. The molecule has 6 heteroatoms. The number of hydrogen-bond donors (Lipinski definition) is 3. The van der Waals surface area contributed by atoms with Crippen molar-refractivity contribution in [1.82, 2.24) is 4.98 Å². The first-order valence-corrected chi connectivity index (χ1v) is 7.62. The fourth-order valence-corrected chi connectivity index (χ4v) is 2.85. The first-order valence-electron chi connectivity index (χ1n) is 7.62. The van der Waals surface area contributed by atoms with E-state index in [4.69, 9.17) is 14.3 Å². The van der Waals surface area contributed by atoms with Crippen molar-refractivity contribution in [1.29, 1.82) is 0 Å². The number of phenolic OH excluding ortho intramolecular Hbond substituents is 1. The zero-order valence-corrected chi connectivity index (χ0v) is 12.7. The number of H-pyrrole nitrogens is 1. The highest BCUT2D eigenvalue weighted by Crippen LogP contribution is 2.33. The summed E-state index contributed by atoms with van der Waals surface area (Å²) in [4.78, 5) is 15.3. The molecule has 6 nitrogen and oxygen atoms in total. The van der Waals surface area contributed by atoms with Crippen LogP contribution in [0.5, 0.6) is 11.5 Å². The number of benzene rings is 2. The van der Waals surface area contributed by atoms with E-state index in [1.54, 1.807) is 18.2 Å². The van der Waals surface area contributed by atoms with Crippen LogP contribution in [0.3, 0.4) is 0 Å². The normalized spacial score (nSPS) is 11.5. The number of aromatic nitrogens is 1. The number of aliphatic hydroxyl groups is 1. The number of aromatic amines is 1. The monoisotopic (exact) mass is 325 g/mol. The number of phenols is 1. The maximum absolute atomic E-state index is 12.5. The number of nitrogens with one attached hydrogen (secondary N) is 1. The molecule has 0 saturated carbocycles. The van der Waals surface area contributed by atoms with E-state index in [0.29, 0.717) is 46.2 Å². The Hall–Kier alpha value is -2.99. The van der Waals surface area contributed by atoms with E-state index < -0.39 is 0 Å². The van der Waals surface area contributed by atoms with Gasteiger partial charge in [0.05, 0.1) is 17.5 Å². The zero-order valence-electron chi connectivity index (χ0n) is 12.7. The van der Waals surface area contributed by atoms with Crippen LogP contribution in [0.2, 0.25) is 0 Å². The fraction of sp³-hybridized carbons (Fsp3) is 0.167. The quantitative estimate of drug-likeness (QED) is 0.501. The predicted molar refractivity (Wildman–Crippen MR) is 90.7 cm³/mol. The highest BCUT2D eigenvalue weighted by Gasteiger charge is 2.15. The van der Waals surface area contributed by atoms with Crippen LogP contribution in [0.1, 0.15) is 6.42 Å². The molecule has 24 heavy (non-hydrogen) atoms. The summed E-state index contributed by atoms with van der Waals surface area (Å²) in [5.41, 5.74) is 1.30. The third-order valence-corrected chi connectivity index (χ3v) is 3.96. The Morgan fingerprint density at radius 3 is 2.79 bits per heavy atom. The van der Waals surface area contributed by atoms with Gasteiger partial charge in [-0.3, -0.25) is 4.79 Å². The molecule has 0 fully saturated rings. The molecule has 0 spiro atoms. The fourth-order valence-electron chi connectivity index (χ4n) is 2.85. The first-order chi connectivity index (χ1) is 11.7. The number of rotatable bonds is 4. The second kappa shape index (κ2) is 5.58. The van der Waals surface area contributed by atoms with E-state index in [0.717, 1.165) is 5.39 Å². The number of pyridine rings is 1. The van der Waals surface area contributed by atoms with Crippen molar-refractivity contribution in [2.24, 2.45) is 0 Å². The molecule has 4 rings (SSSR count). The summed E-state index contributed by atoms with van der Waals surface area (Å²) in [5.74, 6) is 0.696. The van der Waals surface area contributed by atoms with Crippen LogP contribution in [0, 0.1) is 0 Å². The summed E-state index contributed by atoms with van der Waals surface area (Å²) >= 11 is 0. The molecule has 122 valence electrons. The van der Waals surface area contributed by atoms with Gasteiger partial charge >= 0.3 is 0 Å². The van der Waals surface area contributed by atoms with Gasteiger partial charge in [0.25, 0.3) is 5.56 Å². The van der Waals surface area contributed by atoms with Crippen molar-refractivity contribution >= 4 is 32.8 Å². The van der Waals surface area contributed by atoms with Gasteiger partial charge in [0, 0.05) is 35.9 Å². The van der Waals surface area contributed by atoms with E-state index >= 15 is 0 Å². The smallest absolute Gasteiger partial charge is 0.260 e. The molecule has 0 atom stereocenters. The van der Waals surface area contributed by atoms with Crippen molar-refractivity contribution in [2.45, 2.75) is 6.42 Å². The van der Waals surface area contributed by atoms with Gasteiger partial charge in [-0.2, -0.15) is 0 Å². The van der Waals surface area contributed by atoms with Crippen LogP contribution in [-0.2, 0) is 0 Å². The molecule has 3 N–H and O–H groups in total. The number of aliphatic hydroxyl groups excluding tert-OH is 1. The molecule has 0 aliphatic carbocycles. The summed E-state index contributed by atoms with van der Waals surface area (Å²) in [5, 5.41) is 20.3. The number of fused-ring (bicyclic) bond motifs is 5. The van der Waals surface area contributed by atoms with Gasteiger partial charge in [0.2, 0.25) is 0 Å². The lowest BCUT2D eigenvalue weighted by atomic mass is 10.1. The Labute approximate surface area is 135 Å². The summed E-state index contributed by atoms with van der Waals surface area (Å²) in [6.45, 7) is 0.468. The van der Waals surface area contributed by atoms with Crippen LogP contribution in [-0.4, -0.2) is 28.4 Å². The predicted octanol–water partition coefficient (Wildman–Crippen LogP) is 2.89. The van der Waals surface area contributed by atoms with Crippen LogP contribution >= 0.6 is 0 Å². The summed E-state index contributed by atoms with van der Waals surface area (Å²) in [6.07, 6.45) is 0.542. The maximum Gasteiger partial charge on any atom is 0.260 e. The van der Waals surface area contributed by atoms with Gasteiger partial charge in [0.15, 0.2) is 0 Å². The van der Waals surface area contributed by atoms with Gasteiger partial charge < -0.3 is 24.4 Å². The molecular weight excluding hydrogens is 310 g/mol. The molecule has 2 aromatic heterocycles. The lowest BCUT2D eigenvalue weighted by Gasteiger charge is -2.06. The zero-order chi connectivity index (χ0) is 16.7. The number of hydrogen-bond acceptors (Lipinski definition) is 5. The second-order valence-corrected chi connectivity index (χ2v) is 5.57. The van der Waals surface area contributed by atoms with E-state index in [9.17, 15) is 9.90 Å². The number of furan rings is 1. The van der Waals surface area contributed by atoms with E-state index in [-0.39, 0.29) is 17.9 Å². The molecule has 2 heterocycles. The molecule has 0 aliphatic heterocycles. The summed E-state index contributed by atoms with van der Waals surface area (Å²) < 4.78 is 11.3. The highest BCUT2D eigenvalue weighted by atomic mass is 16.5. The maximum atomic E-state index is 12.5. The van der Waals surface area contributed by atoms with Crippen LogP contribution in [0.15, 0.2) is 45.6 Å². The Morgan fingerprint density at radius 2 is 1.96 bits per heavy atom. The average molecular weight is 325 g/mol. The van der Waals surface area contributed by atoms with Gasteiger partial charge in [-0.25, -0.2) is 0 Å². The molecule has 0 bridgehead atoms. The van der Waals surface area contributed by atoms with Crippen molar-refractivity contribution in [3.05, 3.63) is 46.8 Å². The molecule has 2 aromatic carbocycles. The Kier molecular flexibility index (Phi) is 3.39. The standard InChI is InChI=1S/C18H15NO5/c20-6-1-7-23-11-3-5-12-14(9-11)19-18(22)16-13-4-2-10(21)8-15(13)24-17(12)16/h2-5,8-9,20-21H,1,6-7H2,(H,19,22). The van der Waals surface area contributed by atoms with Gasteiger partial charge in [0.1, 0.15) is 22.7 Å². The van der Waals surface area contributed by atoms with E-state index in [1.165, 1.54) is 12.1 Å². The first kappa shape index (κ1) is 14.6. The van der Waals surface area contributed by atoms with E-state index in [1.807, 2.05) is 6.07 Å². The topological polar surface area (TPSA) is 95.7 Å². The third-order valence-electron chi connectivity index (χ3n) is 3.96. The highest BCUT2D eigenvalue weighted by molar-refractivity contribution is 6.13. The van der Waals surface area contributed by atoms with Crippen LogP contribution < -0.4 is 10.3 Å². The lowest BCUT2D eigenvalue weighted by molar-refractivity contribution is 0.233. The summed E-state index contributed by atoms with van der Waals surface area (Å²) in [7, 11) is 0. The van der Waals surface area contributed by atoms with Crippen LogP contribution in [0.4, 0.5) is 0 Å². The van der Waals surface area contributed by atoms with Crippen LogP contribution in [0.25, 0.3) is 32.8 Å². The minimum Gasteiger partial charge on any atom is -0.508 e. The summed E-state index contributed by atoms with van der Waals surface area (Å²) in [6, 6.07) is 10.0. The molecule has 4 aromatic rings. The lowest BCUT2D eigenvalue weighted by Crippen LogP contribution is -2.05. The molecule has 0 aliphatic rings. The molecule has 0 amide bonds. The van der Waals surface area contributed by atoms with Crippen molar-refractivity contribution in [3.8, 4) is 11.5 Å². The molecule has 0 unspecified atom stereocenters. The largest absolute Gasteiger partial charge is 0.508 e. The number of aromatic hydroxyl groups is 1. The third kappa shape index (κ3) is 2.28. The van der Waals surface area contributed by atoms with Gasteiger partial charge in [-0.15, -0.1) is 0 Å². The minimum absolute atomic E-state index is 0.0663. The van der Waals surface area contributed by atoms with Crippen molar-refractivity contribution in [2.75, 3.05) is 13.2 Å². The van der Waals surface area contributed by atoms with Gasteiger partial charge in [-0.1, -0.05) is 0 Å². The Balaban J connectivity index is 1.94. The SMILES string of the molecule is O=c1[nH]c2cc(OCCCO)ccc2c2oc3cc(O)ccc3c12. The molecule has 0 saturated heterocycles. The molecule has 0 radical (unpaired) electrons. The molecular formula is C18H15NO5. The van der Waals surface area contributed by atoms with E-state index in [2.05, 4.69) is 4.98 Å². The Bertz CT molecular complexity index is 1110.